The Morgan fingerprint density at radius 1 is 1.38 bits per heavy atom. The molecule has 1 aromatic carbocycles. The van der Waals surface area contributed by atoms with E-state index in [2.05, 4.69) is 22.6 Å². The summed E-state index contributed by atoms with van der Waals surface area (Å²) in [5, 5.41) is 19.6. The van der Waals surface area contributed by atoms with Gasteiger partial charge < -0.3 is 10.2 Å². The first-order chi connectivity index (χ1) is 6.22. The van der Waals surface area contributed by atoms with Gasteiger partial charge in [-0.05, 0) is 46.2 Å². The molecular weight excluding hydrogens is 299 g/mol. The molecule has 0 bridgehead atoms. The lowest BCUT2D eigenvalue weighted by molar-refractivity contribution is 0.277. The van der Waals surface area contributed by atoms with Gasteiger partial charge in [0.05, 0.1) is 9.49 Å². The topological polar surface area (TPSA) is 40.5 Å². The number of aliphatic hydroxyl groups excluding tert-OH is 1. The normalized spacial score (nSPS) is 10.9. The van der Waals surface area contributed by atoms with Crippen LogP contribution in [-0.4, -0.2) is 10.2 Å². The summed E-state index contributed by atoms with van der Waals surface area (Å²) in [4.78, 5) is 0. The van der Waals surface area contributed by atoms with E-state index in [4.69, 9.17) is 5.11 Å². The number of benzene rings is 1. The molecule has 0 spiro atoms. The van der Waals surface area contributed by atoms with E-state index >= 15 is 0 Å². The third-order valence-corrected chi connectivity index (χ3v) is 3.86. The molecule has 2 rings (SSSR count). The van der Waals surface area contributed by atoms with Crippen molar-refractivity contribution < 1.29 is 10.2 Å². The minimum absolute atomic E-state index is 0.111. The predicted octanol–water partition coefficient (Wildman–Crippen LogP) is 2.70. The van der Waals surface area contributed by atoms with Crippen LogP contribution in [0.1, 0.15) is 5.56 Å². The molecule has 68 valence electrons. The molecule has 0 aliphatic heterocycles. The summed E-state index contributed by atoms with van der Waals surface area (Å²) in [5.74, 6) is 0.174. The maximum Gasteiger partial charge on any atom is 0.122 e. The second kappa shape index (κ2) is 3.43. The number of fused-ring (bicyclic) bond motifs is 1. The molecule has 0 unspecified atom stereocenters. The zero-order valence-electron chi connectivity index (χ0n) is 6.62. The minimum Gasteiger partial charge on any atom is -0.508 e. The predicted molar refractivity (Wildman–Crippen MR) is 62.1 cm³/mol. The highest BCUT2D eigenvalue weighted by Gasteiger charge is 2.08. The Morgan fingerprint density at radius 3 is 2.85 bits per heavy atom. The second-order valence-corrected chi connectivity index (χ2v) is 5.64. The Hall–Kier alpha value is -0.330. The molecule has 2 aromatic rings. The minimum atomic E-state index is -0.111. The van der Waals surface area contributed by atoms with Gasteiger partial charge in [0.15, 0.2) is 0 Å². The Kier molecular flexibility index (Phi) is 2.44. The first-order valence-corrected chi connectivity index (χ1v) is 5.62. The Morgan fingerprint density at radius 2 is 2.15 bits per heavy atom. The zero-order chi connectivity index (χ0) is 9.42. The highest BCUT2D eigenvalue weighted by atomic mass is 127. The van der Waals surface area contributed by atoms with E-state index in [-0.39, 0.29) is 12.4 Å². The summed E-state index contributed by atoms with van der Waals surface area (Å²) in [7, 11) is 0. The molecule has 1 heterocycles. The SMILES string of the molecule is OCc1c(O)ccc2cc(I)sc12. The fourth-order valence-electron chi connectivity index (χ4n) is 1.27. The number of halogens is 1. The average Bonchev–Trinajstić information content (AvgIpc) is 2.45. The summed E-state index contributed by atoms with van der Waals surface area (Å²) in [6.45, 7) is -0.111. The van der Waals surface area contributed by atoms with Crippen LogP contribution in [0.3, 0.4) is 0 Å². The van der Waals surface area contributed by atoms with Crippen molar-refractivity contribution in [1.82, 2.24) is 0 Å². The zero-order valence-corrected chi connectivity index (χ0v) is 9.59. The molecule has 0 aliphatic carbocycles. The van der Waals surface area contributed by atoms with E-state index in [0.717, 1.165) is 13.0 Å². The van der Waals surface area contributed by atoms with Gasteiger partial charge in [-0.15, -0.1) is 11.3 Å². The number of aromatic hydroxyl groups is 1. The van der Waals surface area contributed by atoms with E-state index in [1.54, 1.807) is 17.4 Å². The molecule has 4 heteroatoms. The molecule has 13 heavy (non-hydrogen) atoms. The summed E-state index contributed by atoms with van der Waals surface area (Å²) < 4.78 is 2.14. The molecule has 0 amide bonds. The van der Waals surface area contributed by atoms with Crippen LogP contribution in [0, 0.1) is 2.88 Å². The van der Waals surface area contributed by atoms with E-state index in [0.29, 0.717) is 5.56 Å². The van der Waals surface area contributed by atoms with Crippen LogP contribution < -0.4 is 0 Å². The van der Waals surface area contributed by atoms with Gasteiger partial charge in [0.1, 0.15) is 5.75 Å². The molecule has 2 N–H and O–H groups in total. The van der Waals surface area contributed by atoms with E-state index in [9.17, 15) is 5.11 Å². The maximum absolute atomic E-state index is 9.46. The maximum atomic E-state index is 9.46. The lowest BCUT2D eigenvalue weighted by Gasteiger charge is -2.01. The van der Waals surface area contributed by atoms with Gasteiger partial charge >= 0.3 is 0 Å². The molecule has 0 saturated carbocycles. The fraction of sp³-hybridized carbons (Fsp3) is 0.111. The van der Waals surface area contributed by atoms with Crippen molar-refractivity contribution in [3.63, 3.8) is 0 Å². The average molecular weight is 306 g/mol. The van der Waals surface area contributed by atoms with Crippen LogP contribution in [0.4, 0.5) is 0 Å². The molecule has 0 aliphatic rings. The standard InChI is InChI=1S/C9H7IO2S/c10-8-3-5-1-2-7(12)6(4-11)9(5)13-8/h1-3,11-12H,4H2. The van der Waals surface area contributed by atoms with Crippen LogP contribution in [-0.2, 0) is 6.61 Å². The van der Waals surface area contributed by atoms with Gasteiger partial charge in [-0.3, -0.25) is 0 Å². The van der Waals surface area contributed by atoms with Crippen molar-refractivity contribution in [3.05, 3.63) is 26.6 Å². The molecular formula is C9H7IO2S. The van der Waals surface area contributed by atoms with Crippen LogP contribution in [0.25, 0.3) is 10.1 Å². The quantitative estimate of drug-likeness (QED) is 0.795. The van der Waals surface area contributed by atoms with Gasteiger partial charge in [-0.1, -0.05) is 0 Å². The van der Waals surface area contributed by atoms with Gasteiger partial charge in [-0.2, -0.15) is 0 Å². The number of thiophene rings is 1. The summed E-state index contributed by atoms with van der Waals surface area (Å²) >= 11 is 3.82. The van der Waals surface area contributed by atoms with E-state index < -0.39 is 0 Å². The van der Waals surface area contributed by atoms with Gasteiger partial charge in [0.2, 0.25) is 0 Å². The first kappa shape index (κ1) is 9.23. The van der Waals surface area contributed by atoms with Crippen molar-refractivity contribution in [2.75, 3.05) is 0 Å². The summed E-state index contributed by atoms with van der Waals surface area (Å²) in [6, 6.07) is 5.53. The largest absolute Gasteiger partial charge is 0.508 e. The molecule has 0 saturated heterocycles. The number of aliphatic hydroxyl groups is 1. The molecule has 0 atom stereocenters. The van der Waals surface area contributed by atoms with Crippen molar-refractivity contribution in [2.24, 2.45) is 0 Å². The van der Waals surface area contributed by atoms with Crippen molar-refractivity contribution in [1.29, 1.82) is 0 Å². The lowest BCUT2D eigenvalue weighted by atomic mass is 10.1. The monoisotopic (exact) mass is 306 g/mol. The first-order valence-electron chi connectivity index (χ1n) is 3.73. The Balaban J connectivity index is 2.82. The smallest absolute Gasteiger partial charge is 0.122 e. The number of hydrogen-bond acceptors (Lipinski definition) is 3. The van der Waals surface area contributed by atoms with E-state index in [1.807, 2.05) is 12.1 Å². The van der Waals surface area contributed by atoms with Gasteiger partial charge in [0, 0.05) is 10.3 Å². The third kappa shape index (κ3) is 1.53. The van der Waals surface area contributed by atoms with Crippen LogP contribution in [0.15, 0.2) is 18.2 Å². The number of hydrogen-bond donors (Lipinski definition) is 2. The third-order valence-electron chi connectivity index (χ3n) is 1.89. The van der Waals surface area contributed by atoms with Crippen LogP contribution in [0.5, 0.6) is 5.75 Å². The van der Waals surface area contributed by atoms with Crippen molar-refractivity contribution in [3.8, 4) is 5.75 Å². The Bertz CT molecular complexity index is 450. The molecule has 0 fully saturated rings. The highest BCUT2D eigenvalue weighted by Crippen LogP contribution is 2.34. The lowest BCUT2D eigenvalue weighted by Crippen LogP contribution is -1.83. The number of rotatable bonds is 1. The molecule has 1 aromatic heterocycles. The molecule has 0 radical (unpaired) electrons. The second-order valence-electron chi connectivity index (χ2n) is 2.69. The van der Waals surface area contributed by atoms with Gasteiger partial charge in [-0.25, -0.2) is 0 Å². The van der Waals surface area contributed by atoms with Gasteiger partial charge in [0.25, 0.3) is 0 Å². The Labute approximate surface area is 93.0 Å². The number of phenols is 1. The van der Waals surface area contributed by atoms with Crippen molar-refractivity contribution in [2.45, 2.75) is 6.61 Å². The fourth-order valence-corrected chi connectivity index (χ4v) is 3.19. The highest BCUT2D eigenvalue weighted by molar-refractivity contribution is 14.1. The summed E-state index contributed by atoms with van der Waals surface area (Å²) in [6.07, 6.45) is 0. The summed E-state index contributed by atoms with van der Waals surface area (Å²) in [5.41, 5.74) is 0.630. The van der Waals surface area contributed by atoms with Crippen LogP contribution in [0.2, 0.25) is 0 Å². The van der Waals surface area contributed by atoms with Crippen molar-refractivity contribution >= 4 is 44.0 Å². The van der Waals surface area contributed by atoms with E-state index in [1.165, 1.54) is 0 Å². The molecule has 2 nitrogen and oxygen atoms in total. The van der Waals surface area contributed by atoms with Crippen LogP contribution >= 0.6 is 33.9 Å².